The summed E-state index contributed by atoms with van der Waals surface area (Å²) in [6.07, 6.45) is 2.86. The molecule has 1 aromatic carbocycles. The predicted octanol–water partition coefficient (Wildman–Crippen LogP) is 1.48. The zero-order valence-corrected chi connectivity index (χ0v) is 12.4. The van der Waals surface area contributed by atoms with E-state index >= 15 is 0 Å². The van der Waals surface area contributed by atoms with Crippen LogP contribution in [0.1, 0.15) is 12.1 Å². The van der Waals surface area contributed by atoms with E-state index in [0.29, 0.717) is 19.8 Å². The molecule has 6 nitrogen and oxygen atoms in total. The van der Waals surface area contributed by atoms with Gasteiger partial charge in [-0.15, -0.1) is 5.10 Å². The van der Waals surface area contributed by atoms with Gasteiger partial charge < -0.3 is 14.8 Å². The van der Waals surface area contributed by atoms with Crippen LogP contribution in [0.4, 0.5) is 0 Å². The number of benzene rings is 1. The first-order valence-electron chi connectivity index (χ1n) is 7.15. The minimum Gasteiger partial charge on any atom is -0.494 e. The molecule has 1 heterocycles. The van der Waals surface area contributed by atoms with Crippen molar-refractivity contribution in [3.8, 4) is 5.75 Å². The molecule has 0 atom stereocenters. The van der Waals surface area contributed by atoms with Crippen LogP contribution in [0.3, 0.4) is 0 Å². The third-order valence-electron chi connectivity index (χ3n) is 2.92. The van der Waals surface area contributed by atoms with E-state index < -0.39 is 0 Å². The van der Waals surface area contributed by atoms with Crippen LogP contribution in [0.2, 0.25) is 0 Å². The lowest BCUT2D eigenvalue weighted by atomic mass is 10.3. The van der Waals surface area contributed by atoms with E-state index in [1.165, 1.54) is 0 Å². The Balaban J connectivity index is 1.61. The predicted molar refractivity (Wildman–Crippen MR) is 80.2 cm³/mol. The van der Waals surface area contributed by atoms with Crippen LogP contribution < -0.4 is 10.1 Å². The summed E-state index contributed by atoms with van der Waals surface area (Å²) in [6, 6.07) is 9.83. The monoisotopic (exact) mass is 290 g/mol. The molecule has 1 aromatic heterocycles. The van der Waals surface area contributed by atoms with Crippen molar-refractivity contribution in [2.45, 2.75) is 19.5 Å². The highest BCUT2D eigenvalue weighted by atomic mass is 16.5. The normalized spacial score (nSPS) is 10.7. The van der Waals surface area contributed by atoms with Gasteiger partial charge in [0, 0.05) is 39.4 Å². The van der Waals surface area contributed by atoms with Crippen molar-refractivity contribution in [1.82, 2.24) is 20.3 Å². The lowest BCUT2D eigenvalue weighted by Gasteiger charge is -2.05. The van der Waals surface area contributed by atoms with Crippen molar-refractivity contribution in [3.63, 3.8) is 0 Å². The molecular weight excluding hydrogens is 268 g/mol. The van der Waals surface area contributed by atoms with E-state index in [4.69, 9.17) is 9.47 Å². The molecule has 0 saturated heterocycles. The molecule has 0 unspecified atom stereocenters. The third kappa shape index (κ3) is 5.93. The van der Waals surface area contributed by atoms with Crippen molar-refractivity contribution in [1.29, 1.82) is 0 Å². The lowest BCUT2D eigenvalue weighted by Crippen LogP contribution is -2.18. The highest BCUT2D eigenvalue weighted by Crippen LogP contribution is 2.08. The van der Waals surface area contributed by atoms with Gasteiger partial charge in [0.05, 0.1) is 18.9 Å². The molecule has 0 aliphatic rings. The van der Waals surface area contributed by atoms with Crippen LogP contribution in [0.25, 0.3) is 0 Å². The Hall–Kier alpha value is -1.92. The van der Waals surface area contributed by atoms with E-state index in [2.05, 4.69) is 15.6 Å². The van der Waals surface area contributed by atoms with Gasteiger partial charge in [-0.05, 0) is 12.1 Å². The molecule has 1 N–H and O–H groups in total. The van der Waals surface area contributed by atoms with Crippen LogP contribution in [0.5, 0.6) is 5.75 Å². The standard InChI is InChI=1S/C15H22N4O2/c1-20-11-8-16-12-14-13-19(18-17-14)9-5-10-21-15-6-3-2-4-7-15/h2-4,6-7,13,16H,5,8-12H2,1H3. The molecule has 0 aliphatic heterocycles. The van der Waals surface area contributed by atoms with Gasteiger partial charge in [0.25, 0.3) is 0 Å². The Labute approximate surface area is 125 Å². The average molecular weight is 290 g/mol. The number of hydrogen-bond donors (Lipinski definition) is 1. The molecule has 21 heavy (non-hydrogen) atoms. The fourth-order valence-electron chi connectivity index (χ4n) is 1.85. The zero-order valence-electron chi connectivity index (χ0n) is 12.4. The molecule has 0 radical (unpaired) electrons. The molecule has 2 rings (SSSR count). The second-order valence-corrected chi connectivity index (χ2v) is 4.66. The summed E-state index contributed by atoms with van der Waals surface area (Å²) in [5.74, 6) is 0.902. The minimum absolute atomic E-state index is 0.672. The highest BCUT2D eigenvalue weighted by Gasteiger charge is 2.00. The van der Waals surface area contributed by atoms with E-state index in [1.54, 1.807) is 7.11 Å². The summed E-state index contributed by atoms with van der Waals surface area (Å²) in [4.78, 5) is 0. The number of para-hydroxylation sites is 1. The number of hydrogen-bond acceptors (Lipinski definition) is 5. The topological polar surface area (TPSA) is 61.2 Å². The van der Waals surface area contributed by atoms with E-state index in [1.807, 2.05) is 41.2 Å². The first kappa shape index (κ1) is 15.5. The smallest absolute Gasteiger partial charge is 0.119 e. The fraction of sp³-hybridized carbons (Fsp3) is 0.467. The first-order chi connectivity index (χ1) is 10.4. The second kappa shape index (κ2) is 9.10. The quantitative estimate of drug-likeness (QED) is 0.672. The summed E-state index contributed by atoms with van der Waals surface area (Å²) in [7, 11) is 1.69. The number of nitrogens with one attached hydrogen (secondary N) is 1. The van der Waals surface area contributed by atoms with Crippen LogP contribution in [-0.2, 0) is 17.8 Å². The maximum Gasteiger partial charge on any atom is 0.119 e. The minimum atomic E-state index is 0.672. The summed E-state index contributed by atoms with van der Waals surface area (Å²) in [6.45, 7) is 3.70. The summed E-state index contributed by atoms with van der Waals surface area (Å²) < 4.78 is 12.5. The zero-order chi connectivity index (χ0) is 14.8. The number of aryl methyl sites for hydroxylation is 1. The molecule has 0 saturated carbocycles. The average Bonchev–Trinajstić information content (AvgIpc) is 2.97. The van der Waals surface area contributed by atoms with Crippen molar-refractivity contribution in [2.75, 3.05) is 26.9 Å². The van der Waals surface area contributed by atoms with Gasteiger partial charge in [-0.25, -0.2) is 0 Å². The van der Waals surface area contributed by atoms with Gasteiger partial charge in [-0.3, -0.25) is 4.68 Å². The van der Waals surface area contributed by atoms with Gasteiger partial charge in [0.1, 0.15) is 5.75 Å². The van der Waals surface area contributed by atoms with Crippen LogP contribution in [-0.4, -0.2) is 41.9 Å². The van der Waals surface area contributed by atoms with E-state index in [9.17, 15) is 0 Å². The molecule has 6 heteroatoms. The molecule has 0 spiro atoms. The number of nitrogens with zero attached hydrogens (tertiary/aromatic N) is 3. The summed E-state index contributed by atoms with van der Waals surface area (Å²) >= 11 is 0. The number of aromatic nitrogens is 3. The van der Waals surface area contributed by atoms with Crippen molar-refractivity contribution >= 4 is 0 Å². The van der Waals surface area contributed by atoms with Crippen LogP contribution >= 0.6 is 0 Å². The maximum absolute atomic E-state index is 5.64. The molecule has 2 aromatic rings. The van der Waals surface area contributed by atoms with Gasteiger partial charge in [0.2, 0.25) is 0 Å². The largest absolute Gasteiger partial charge is 0.494 e. The SMILES string of the molecule is COCCNCc1cn(CCCOc2ccccc2)nn1. The Morgan fingerprint density at radius 3 is 2.86 bits per heavy atom. The van der Waals surface area contributed by atoms with E-state index in [-0.39, 0.29) is 0 Å². The Morgan fingerprint density at radius 2 is 2.05 bits per heavy atom. The van der Waals surface area contributed by atoms with Gasteiger partial charge in [-0.1, -0.05) is 23.4 Å². The first-order valence-corrected chi connectivity index (χ1v) is 7.15. The molecule has 0 fully saturated rings. The van der Waals surface area contributed by atoms with Gasteiger partial charge >= 0.3 is 0 Å². The maximum atomic E-state index is 5.64. The Kier molecular flexibility index (Phi) is 6.70. The fourth-order valence-corrected chi connectivity index (χ4v) is 1.85. The summed E-state index contributed by atoms with van der Waals surface area (Å²) in [5, 5.41) is 11.5. The Bertz CT molecular complexity index is 501. The van der Waals surface area contributed by atoms with Crippen LogP contribution in [0, 0.1) is 0 Å². The summed E-state index contributed by atoms with van der Waals surface area (Å²) in [5.41, 5.74) is 0.940. The Morgan fingerprint density at radius 1 is 1.19 bits per heavy atom. The van der Waals surface area contributed by atoms with Gasteiger partial charge in [0.15, 0.2) is 0 Å². The molecule has 0 aliphatic carbocycles. The highest BCUT2D eigenvalue weighted by molar-refractivity contribution is 5.20. The number of methoxy groups -OCH3 is 1. The third-order valence-corrected chi connectivity index (χ3v) is 2.92. The number of ether oxygens (including phenoxy) is 2. The molecule has 114 valence electrons. The number of rotatable bonds is 10. The van der Waals surface area contributed by atoms with Gasteiger partial charge in [-0.2, -0.15) is 0 Å². The molecular formula is C15H22N4O2. The van der Waals surface area contributed by atoms with Crippen molar-refractivity contribution < 1.29 is 9.47 Å². The lowest BCUT2D eigenvalue weighted by molar-refractivity contribution is 0.199. The molecule has 0 bridgehead atoms. The van der Waals surface area contributed by atoms with Crippen molar-refractivity contribution in [2.24, 2.45) is 0 Å². The van der Waals surface area contributed by atoms with Crippen molar-refractivity contribution in [3.05, 3.63) is 42.2 Å². The van der Waals surface area contributed by atoms with E-state index in [0.717, 1.165) is 31.0 Å². The second-order valence-electron chi connectivity index (χ2n) is 4.66. The van der Waals surface area contributed by atoms with Crippen LogP contribution in [0.15, 0.2) is 36.5 Å². The molecule has 0 amide bonds.